The van der Waals surface area contributed by atoms with Crippen molar-refractivity contribution in [3.63, 3.8) is 0 Å². The Morgan fingerprint density at radius 1 is 0.875 bits per heavy atom. The first-order chi connectivity index (χ1) is 7.66. The van der Waals surface area contributed by atoms with E-state index in [1.54, 1.807) is 6.07 Å². The molecule has 82 valence electrons. The Hall–Kier alpha value is -0.670. The summed E-state index contributed by atoms with van der Waals surface area (Å²) < 4.78 is 13.2. The van der Waals surface area contributed by atoms with Gasteiger partial charge in [-0.05, 0) is 28.8 Å². The molecule has 2 rings (SSSR count). The smallest absolute Gasteiger partial charge is 0.123 e. The molecule has 0 fully saturated rings. The quantitative estimate of drug-likeness (QED) is 0.650. The fourth-order valence-corrected chi connectivity index (χ4v) is 2.10. The van der Waals surface area contributed by atoms with Gasteiger partial charge >= 0.3 is 0 Å². The molecule has 0 atom stereocenters. The molecular weight excluding hydrogens is 335 g/mol. The van der Waals surface area contributed by atoms with Gasteiger partial charge < -0.3 is 0 Å². The summed E-state index contributed by atoms with van der Waals surface area (Å²) in [5, 5.41) is 0. The Kier molecular flexibility index (Phi) is 3.77. The molecule has 2 aromatic carbocycles. The fraction of sp³-hybridized carbons (Fsp3) is 0.0769. The number of alkyl halides is 2. The third-order valence-corrected chi connectivity index (χ3v) is 3.38. The van der Waals surface area contributed by atoms with Crippen molar-refractivity contribution in [2.24, 2.45) is 0 Å². The van der Waals surface area contributed by atoms with Crippen molar-refractivity contribution >= 4 is 31.9 Å². The highest BCUT2D eigenvalue weighted by Crippen LogP contribution is 2.30. The number of halogens is 3. The van der Waals surface area contributed by atoms with Crippen LogP contribution in [0.25, 0.3) is 11.1 Å². The summed E-state index contributed by atoms with van der Waals surface area (Å²) in [6.07, 6.45) is 0. The average molecular weight is 344 g/mol. The van der Waals surface area contributed by atoms with E-state index in [2.05, 4.69) is 31.9 Å². The SMILES string of the molecule is Fc1cccc(-c2ccc(C(Br)Br)cc2)c1. The molecule has 0 aliphatic rings. The van der Waals surface area contributed by atoms with Crippen LogP contribution in [0.5, 0.6) is 0 Å². The summed E-state index contributed by atoms with van der Waals surface area (Å²) in [5.41, 5.74) is 3.05. The van der Waals surface area contributed by atoms with Crippen molar-refractivity contribution < 1.29 is 4.39 Å². The zero-order chi connectivity index (χ0) is 11.5. The largest absolute Gasteiger partial charge is 0.207 e. The summed E-state index contributed by atoms with van der Waals surface area (Å²) in [5.74, 6) is -0.208. The number of hydrogen-bond donors (Lipinski definition) is 0. The first-order valence-corrected chi connectivity index (χ1v) is 6.64. The van der Waals surface area contributed by atoms with Gasteiger partial charge in [0, 0.05) is 0 Å². The first-order valence-electron chi connectivity index (χ1n) is 4.81. The molecule has 0 saturated heterocycles. The molecule has 0 aliphatic carbocycles. The maximum Gasteiger partial charge on any atom is 0.123 e. The molecule has 0 aliphatic heterocycles. The molecule has 0 saturated carbocycles. The highest BCUT2D eigenvalue weighted by molar-refractivity contribution is 9.24. The van der Waals surface area contributed by atoms with Crippen molar-refractivity contribution in [1.29, 1.82) is 0 Å². The minimum absolute atomic E-state index is 0.154. The highest BCUT2D eigenvalue weighted by atomic mass is 79.9. The monoisotopic (exact) mass is 342 g/mol. The van der Waals surface area contributed by atoms with Crippen LogP contribution in [0.2, 0.25) is 0 Å². The molecule has 0 unspecified atom stereocenters. The van der Waals surface area contributed by atoms with Crippen molar-refractivity contribution in [3.05, 3.63) is 59.9 Å². The summed E-state index contributed by atoms with van der Waals surface area (Å²) >= 11 is 6.86. The zero-order valence-corrected chi connectivity index (χ0v) is 11.5. The lowest BCUT2D eigenvalue weighted by Gasteiger charge is -2.05. The fourth-order valence-electron chi connectivity index (χ4n) is 1.49. The standard InChI is InChI=1S/C13H9Br2F/c14-13(15)10-6-4-9(5-7-10)11-2-1-3-12(16)8-11/h1-8,13H. The van der Waals surface area contributed by atoms with Crippen LogP contribution in [0.4, 0.5) is 4.39 Å². The van der Waals surface area contributed by atoms with Crippen LogP contribution >= 0.6 is 31.9 Å². The summed E-state index contributed by atoms with van der Waals surface area (Å²) in [6, 6.07) is 14.6. The Morgan fingerprint density at radius 2 is 1.56 bits per heavy atom. The van der Waals surface area contributed by atoms with E-state index in [0.717, 1.165) is 16.7 Å². The minimum atomic E-state index is -0.208. The first kappa shape index (κ1) is 11.8. The predicted octanol–water partition coefficient (Wildman–Crippen LogP) is 5.28. The third-order valence-electron chi connectivity index (χ3n) is 2.32. The number of hydrogen-bond acceptors (Lipinski definition) is 0. The zero-order valence-electron chi connectivity index (χ0n) is 8.33. The summed E-state index contributed by atoms with van der Waals surface area (Å²) in [6.45, 7) is 0. The topological polar surface area (TPSA) is 0 Å². The second kappa shape index (κ2) is 5.11. The van der Waals surface area contributed by atoms with E-state index < -0.39 is 0 Å². The van der Waals surface area contributed by atoms with Gasteiger partial charge in [0.1, 0.15) is 5.82 Å². The van der Waals surface area contributed by atoms with Gasteiger partial charge in [-0.15, -0.1) is 0 Å². The molecule has 0 N–H and O–H groups in total. The van der Waals surface area contributed by atoms with E-state index in [1.807, 2.05) is 30.3 Å². The lowest BCUT2D eigenvalue weighted by Crippen LogP contribution is -1.83. The Bertz CT molecular complexity index is 478. The van der Waals surface area contributed by atoms with E-state index in [4.69, 9.17) is 0 Å². The Labute approximate surface area is 111 Å². The van der Waals surface area contributed by atoms with Crippen LogP contribution < -0.4 is 0 Å². The maximum atomic E-state index is 13.0. The van der Waals surface area contributed by atoms with E-state index in [-0.39, 0.29) is 9.55 Å². The van der Waals surface area contributed by atoms with Gasteiger partial charge in [0.25, 0.3) is 0 Å². The summed E-state index contributed by atoms with van der Waals surface area (Å²) in [7, 11) is 0. The van der Waals surface area contributed by atoms with Gasteiger partial charge in [-0.25, -0.2) is 4.39 Å². The Morgan fingerprint density at radius 3 is 2.12 bits per heavy atom. The van der Waals surface area contributed by atoms with Crippen molar-refractivity contribution in [1.82, 2.24) is 0 Å². The van der Waals surface area contributed by atoms with Crippen molar-refractivity contribution in [2.75, 3.05) is 0 Å². The van der Waals surface area contributed by atoms with Gasteiger partial charge in [-0.3, -0.25) is 0 Å². The Balaban J connectivity index is 2.35. The molecule has 0 aromatic heterocycles. The van der Waals surface area contributed by atoms with Gasteiger partial charge in [0.2, 0.25) is 0 Å². The van der Waals surface area contributed by atoms with Gasteiger partial charge in [0.15, 0.2) is 0 Å². The lowest BCUT2D eigenvalue weighted by molar-refractivity contribution is 0.628. The second-order valence-corrected chi connectivity index (χ2v) is 6.49. The molecule has 2 aromatic rings. The second-order valence-electron chi connectivity index (χ2n) is 3.43. The van der Waals surface area contributed by atoms with E-state index in [9.17, 15) is 4.39 Å². The van der Waals surface area contributed by atoms with Crippen molar-refractivity contribution in [2.45, 2.75) is 3.74 Å². The normalized spacial score (nSPS) is 10.8. The molecular formula is C13H9Br2F. The van der Waals surface area contributed by atoms with E-state index in [0.29, 0.717) is 0 Å². The predicted molar refractivity (Wildman–Crippen MR) is 72.4 cm³/mol. The highest BCUT2D eigenvalue weighted by Gasteiger charge is 2.03. The molecule has 0 bridgehead atoms. The molecule has 0 spiro atoms. The molecule has 0 radical (unpaired) electrons. The van der Waals surface area contributed by atoms with Crippen LogP contribution in [0, 0.1) is 5.82 Å². The van der Waals surface area contributed by atoms with Crippen LogP contribution in [0.1, 0.15) is 9.30 Å². The minimum Gasteiger partial charge on any atom is -0.207 e. The molecule has 0 heterocycles. The molecule has 0 amide bonds. The lowest BCUT2D eigenvalue weighted by atomic mass is 10.0. The maximum absolute atomic E-state index is 13.0. The van der Waals surface area contributed by atoms with Crippen molar-refractivity contribution in [3.8, 4) is 11.1 Å². The van der Waals surface area contributed by atoms with Gasteiger partial charge in [-0.1, -0.05) is 68.3 Å². The average Bonchev–Trinajstić information content (AvgIpc) is 2.29. The van der Waals surface area contributed by atoms with Gasteiger partial charge in [0.05, 0.1) is 3.74 Å². The van der Waals surface area contributed by atoms with Crippen LogP contribution in [-0.4, -0.2) is 0 Å². The van der Waals surface area contributed by atoms with Crippen LogP contribution in [0.15, 0.2) is 48.5 Å². The number of rotatable bonds is 2. The van der Waals surface area contributed by atoms with E-state index in [1.165, 1.54) is 12.1 Å². The van der Waals surface area contributed by atoms with Crippen LogP contribution in [-0.2, 0) is 0 Å². The van der Waals surface area contributed by atoms with Gasteiger partial charge in [-0.2, -0.15) is 0 Å². The third kappa shape index (κ3) is 2.71. The molecule has 16 heavy (non-hydrogen) atoms. The van der Waals surface area contributed by atoms with E-state index >= 15 is 0 Å². The molecule has 0 nitrogen and oxygen atoms in total. The summed E-state index contributed by atoms with van der Waals surface area (Å²) in [4.78, 5) is 0. The van der Waals surface area contributed by atoms with Crippen LogP contribution in [0.3, 0.4) is 0 Å². The molecule has 3 heteroatoms. The number of benzene rings is 2.